The van der Waals surface area contributed by atoms with E-state index < -0.39 is 51.5 Å². The summed E-state index contributed by atoms with van der Waals surface area (Å²) in [7, 11) is -2.21. The van der Waals surface area contributed by atoms with Crippen LogP contribution in [0.2, 0.25) is 5.82 Å². The molecule has 0 unspecified atom stereocenters. The van der Waals surface area contributed by atoms with E-state index in [1.54, 1.807) is 33.8 Å². The van der Waals surface area contributed by atoms with E-state index in [2.05, 4.69) is 4.72 Å². The van der Waals surface area contributed by atoms with Crippen LogP contribution in [-0.2, 0) is 34.6 Å². The summed E-state index contributed by atoms with van der Waals surface area (Å²) in [5.74, 6) is -1.55. The van der Waals surface area contributed by atoms with Crippen LogP contribution in [0.15, 0.2) is 42.5 Å². The molecule has 1 saturated heterocycles. The number of esters is 1. The minimum Gasteiger partial charge on any atom is -0.458 e. The van der Waals surface area contributed by atoms with E-state index in [0.717, 1.165) is 15.1 Å². The summed E-state index contributed by atoms with van der Waals surface area (Å²) in [6.45, 7) is 14.6. The summed E-state index contributed by atoms with van der Waals surface area (Å²) in [5.41, 5.74) is -3.67. The van der Waals surface area contributed by atoms with Crippen LogP contribution in [0.25, 0.3) is 10.8 Å². The van der Waals surface area contributed by atoms with Gasteiger partial charge in [-0.2, -0.15) is 17.4 Å². The number of benzene rings is 2. The Morgan fingerprint density at radius 3 is 2.03 bits per heavy atom. The highest BCUT2D eigenvalue weighted by Gasteiger charge is 2.61. The molecule has 3 rings (SSSR count). The van der Waals surface area contributed by atoms with Gasteiger partial charge in [-0.3, -0.25) is 0 Å². The third kappa shape index (κ3) is 5.33. The van der Waals surface area contributed by atoms with Crippen molar-refractivity contribution in [2.24, 2.45) is 0 Å². The number of hydrogen-bond donors (Lipinski definition) is 1. The van der Waals surface area contributed by atoms with Gasteiger partial charge in [-0.05, 0) is 70.9 Å². The molecule has 2 aromatic carbocycles. The second-order valence-corrected chi connectivity index (χ2v) is 13.6. The van der Waals surface area contributed by atoms with E-state index in [4.69, 9.17) is 14.0 Å². The predicted molar refractivity (Wildman–Crippen MR) is 143 cm³/mol. The highest BCUT2D eigenvalue weighted by molar-refractivity contribution is 7.87. The summed E-state index contributed by atoms with van der Waals surface area (Å²) < 4.78 is 49.0. The van der Waals surface area contributed by atoms with Crippen LogP contribution in [0.4, 0.5) is 0 Å². The molecule has 198 valence electrons. The lowest BCUT2D eigenvalue weighted by Crippen LogP contribution is -2.60. The average Bonchev–Trinajstić information content (AvgIpc) is 2.96. The van der Waals surface area contributed by atoms with Gasteiger partial charge in [0.25, 0.3) is 10.2 Å². The maximum absolute atomic E-state index is 14.2. The molecule has 2 aromatic rings. The van der Waals surface area contributed by atoms with Crippen LogP contribution in [0, 0.1) is 0 Å². The first kappa shape index (κ1) is 28.6. The molecule has 10 heteroatoms. The largest absolute Gasteiger partial charge is 0.463 e. The lowest BCUT2D eigenvalue weighted by molar-refractivity contribution is -0.163. The number of fused-ring (bicyclic) bond motifs is 1. The van der Waals surface area contributed by atoms with Crippen LogP contribution >= 0.6 is 0 Å². The molecule has 8 nitrogen and oxygen atoms in total. The lowest BCUT2D eigenvalue weighted by Gasteiger charge is -2.40. The molecule has 0 amide bonds. The van der Waals surface area contributed by atoms with E-state index in [1.807, 2.05) is 64.1 Å². The van der Waals surface area contributed by atoms with Gasteiger partial charge in [0.2, 0.25) is 0 Å². The summed E-state index contributed by atoms with van der Waals surface area (Å²) >= 11 is 0. The molecule has 2 atom stereocenters. The van der Waals surface area contributed by atoms with Crippen LogP contribution in [-0.4, -0.2) is 56.7 Å². The third-order valence-electron chi connectivity index (χ3n) is 7.06. The maximum Gasteiger partial charge on any atom is 0.463 e. The minimum absolute atomic E-state index is 0.433. The van der Waals surface area contributed by atoms with Gasteiger partial charge in [0, 0.05) is 19.9 Å². The highest BCUT2D eigenvalue weighted by atomic mass is 32.2. The zero-order valence-electron chi connectivity index (χ0n) is 23.0. The second kappa shape index (κ2) is 9.40. The summed E-state index contributed by atoms with van der Waals surface area (Å²) in [4.78, 5) is 14.2. The van der Waals surface area contributed by atoms with Gasteiger partial charge < -0.3 is 14.0 Å². The van der Waals surface area contributed by atoms with Crippen molar-refractivity contribution in [2.45, 2.75) is 83.5 Å². The van der Waals surface area contributed by atoms with Crippen molar-refractivity contribution in [1.82, 2.24) is 9.03 Å². The molecule has 1 N–H and O–H groups in total. The van der Waals surface area contributed by atoms with Crippen LogP contribution < -0.4 is 4.72 Å². The minimum atomic E-state index is -4.12. The Kier molecular flexibility index (Phi) is 7.47. The predicted octanol–water partition coefficient (Wildman–Crippen LogP) is 4.26. The molecule has 0 spiro atoms. The molecular weight excluding hydrogens is 479 g/mol. The number of carbonyl (C=O) groups is 1. The molecular formula is C26H39BN2O6S. The number of nitrogens with one attached hydrogen (secondary N) is 1. The summed E-state index contributed by atoms with van der Waals surface area (Å²) in [6.07, 6.45) is 0. The van der Waals surface area contributed by atoms with E-state index >= 15 is 0 Å². The van der Waals surface area contributed by atoms with Crippen molar-refractivity contribution in [3.05, 3.63) is 48.0 Å². The van der Waals surface area contributed by atoms with Crippen molar-refractivity contribution >= 4 is 34.1 Å². The number of carbonyl (C=O) groups excluding carboxylic acids is 1. The molecule has 0 radical (unpaired) electrons. The first-order valence-corrected chi connectivity index (χ1v) is 13.6. The van der Waals surface area contributed by atoms with Gasteiger partial charge >= 0.3 is 13.1 Å². The first-order chi connectivity index (χ1) is 16.3. The van der Waals surface area contributed by atoms with Crippen molar-refractivity contribution in [1.29, 1.82) is 0 Å². The summed E-state index contributed by atoms with van der Waals surface area (Å²) in [5, 5.41) is 1.81. The molecule has 0 bridgehead atoms. The topological polar surface area (TPSA) is 94.2 Å². The fourth-order valence-electron chi connectivity index (χ4n) is 4.14. The quantitative estimate of drug-likeness (QED) is 0.435. The van der Waals surface area contributed by atoms with Crippen LogP contribution in [0.3, 0.4) is 0 Å². The molecule has 0 aliphatic carbocycles. The number of nitrogens with zero attached hydrogens (tertiary/aromatic N) is 1. The van der Waals surface area contributed by atoms with Gasteiger partial charge in [0.15, 0.2) is 5.54 Å². The standard InChI is InChI=1S/C26H39BN2O6S/c1-18(27-34-24(5,6)25(7,8)35-27)26(22(30)33-23(2,3)4,28-36(31,32)29(9)10)21-16-15-19-13-11-12-14-20(19)17-21/h11-18,28H,1-10H3/t18-,26+/m1/s1. The maximum atomic E-state index is 14.2. The fraction of sp³-hybridized carbons (Fsp3) is 0.577. The Hall–Kier alpha value is -1.98. The lowest BCUT2D eigenvalue weighted by atomic mass is 9.60. The Morgan fingerprint density at radius 2 is 1.53 bits per heavy atom. The van der Waals surface area contributed by atoms with Gasteiger partial charge in [-0.15, -0.1) is 0 Å². The molecule has 1 fully saturated rings. The smallest absolute Gasteiger partial charge is 0.458 e. The molecule has 1 aliphatic heterocycles. The van der Waals surface area contributed by atoms with Gasteiger partial charge in [0.1, 0.15) is 5.60 Å². The molecule has 1 heterocycles. The molecule has 36 heavy (non-hydrogen) atoms. The molecule has 0 aromatic heterocycles. The highest BCUT2D eigenvalue weighted by Crippen LogP contribution is 2.47. The number of hydrogen-bond acceptors (Lipinski definition) is 6. The average molecular weight is 518 g/mol. The van der Waals surface area contributed by atoms with Gasteiger partial charge in [0.05, 0.1) is 11.2 Å². The molecule has 0 saturated carbocycles. The van der Waals surface area contributed by atoms with E-state index in [9.17, 15) is 13.2 Å². The van der Waals surface area contributed by atoms with Crippen LogP contribution in [0.5, 0.6) is 0 Å². The fourth-order valence-corrected chi connectivity index (χ4v) is 5.12. The Morgan fingerprint density at radius 1 is 1.00 bits per heavy atom. The normalized spacial score (nSPS) is 20.4. The van der Waals surface area contributed by atoms with E-state index in [0.29, 0.717) is 5.56 Å². The van der Waals surface area contributed by atoms with E-state index in [1.165, 1.54) is 14.1 Å². The Balaban J connectivity index is 2.31. The SMILES string of the molecule is C[C@@H](B1OC(C)(C)C(C)(C)O1)[C@@](NS(=O)(=O)N(C)C)(C(=O)OC(C)(C)C)c1ccc2ccccc2c1. The zero-order valence-corrected chi connectivity index (χ0v) is 23.8. The molecule has 1 aliphatic rings. The monoisotopic (exact) mass is 518 g/mol. The second-order valence-electron chi connectivity index (χ2n) is 11.7. The van der Waals surface area contributed by atoms with Crippen molar-refractivity contribution in [3.63, 3.8) is 0 Å². The number of ether oxygens (including phenoxy) is 1. The van der Waals surface area contributed by atoms with Crippen molar-refractivity contribution < 1.29 is 27.3 Å². The Labute approximate surface area is 216 Å². The van der Waals surface area contributed by atoms with Crippen molar-refractivity contribution in [3.8, 4) is 0 Å². The number of rotatable bonds is 7. The summed E-state index contributed by atoms with van der Waals surface area (Å²) in [6, 6.07) is 13.1. The van der Waals surface area contributed by atoms with E-state index in [-0.39, 0.29) is 0 Å². The van der Waals surface area contributed by atoms with Crippen molar-refractivity contribution in [2.75, 3.05) is 14.1 Å². The van der Waals surface area contributed by atoms with Gasteiger partial charge in [-0.1, -0.05) is 43.3 Å². The third-order valence-corrected chi connectivity index (χ3v) is 8.60. The van der Waals surface area contributed by atoms with Gasteiger partial charge in [-0.25, -0.2) is 4.79 Å². The Bertz CT molecular complexity index is 1220. The first-order valence-electron chi connectivity index (χ1n) is 12.1. The zero-order chi connectivity index (χ0) is 27.3. The van der Waals surface area contributed by atoms with Crippen LogP contribution in [0.1, 0.15) is 61.0 Å².